The molecule has 2 unspecified atom stereocenters. The number of Topliss-reactive ketones (excluding diaryl/α,β-unsaturated/α-hetero) is 1. The van der Waals surface area contributed by atoms with Crippen molar-refractivity contribution in [1.29, 1.82) is 0 Å². The second-order valence-electron chi connectivity index (χ2n) is 7.10. The molecule has 2 atom stereocenters. The van der Waals surface area contributed by atoms with Crippen LogP contribution in [0.2, 0.25) is 0 Å². The summed E-state index contributed by atoms with van der Waals surface area (Å²) in [5.41, 5.74) is -0.700. The van der Waals surface area contributed by atoms with Gasteiger partial charge in [0.1, 0.15) is 15.5 Å². The Morgan fingerprint density at radius 3 is 2.52 bits per heavy atom. The summed E-state index contributed by atoms with van der Waals surface area (Å²) < 4.78 is 38.0. The van der Waals surface area contributed by atoms with Crippen LogP contribution in [0.4, 0.5) is 5.69 Å². The molecule has 0 bridgehead atoms. The number of nitro groups is 1. The summed E-state index contributed by atoms with van der Waals surface area (Å²) >= 11 is 3.23. The van der Waals surface area contributed by atoms with Gasteiger partial charge in [0.15, 0.2) is 10.8 Å². The van der Waals surface area contributed by atoms with Gasteiger partial charge >= 0.3 is 11.6 Å². The summed E-state index contributed by atoms with van der Waals surface area (Å²) in [5.74, 6) is -1.86. The lowest BCUT2D eigenvalue weighted by molar-refractivity contribution is -0.387. The van der Waals surface area contributed by atoms with E-state index in [1.807, 2.05) is 6.92 Å². The zero-order valence-corrected chi connectivity index (χ0v) is 19.4. The molecule has 1 heterocycles. The Balaban J connectivity index is 2.39. The monoisotopic (exact) mass is 511 g/mol. The minimum Gasteiger partial charge on any atom is -0.445 e. The largest absolute Gasteiger partial charge is 0.445 e. The van der Waals surface area contributed by atoms with E-state index < -0.39 is 48.0 Å². The Kier molecular flexibility index (Phi) is 7.00. The van der Waals surface area contributed by atoms with Crippen molar-refractivity contribution in [3.8, 4) is 5.95 Å². The number of hydrogen-bond donors (Lipinski definition) is 0. The third-order valence-electron chi connectivity index (χ3n) is 4.95. The first-order chi connectivity index (χ1) is 14.7. The number of ether oxygens (including phenoxy) is 1. The summed E-state index contributed by atoms with van der Waals surface area (Å²) in [6.45, 7) is 3.75. The Labute approximate surface area is 187 Å². The molecule has 1 aromatic heterocycles. The maximum Gasteiger partial charge on any atom is 0.368 e. The number of carbonyl (C=O) groups is 1. The van der Waals surface area contributed by atoms with Gasteiger partial charge in [0.25, 0.3) is 0 Å². The maximum atomic E-state index is 13.5. The average Bonchev–Trinajstić information content (AvgIpc) is 3.09. The van der Waals surface area contributed by atoms with Crippen LogP contribution in [0.3, 0.4) is 0 Å². The Bertz CT molecular complexity index is 1220. The maximum absolute atomic E-state index is 13.5. The van der Waals surface area contributed by atoms with Crippen LogP contribution in [0.1, 0.15) is 39.5 Å². The fraction of sp³-hybridized carbons (Fsp3) is 0.381. The molecule has 166 valence electrons. The SMILES string of the molecule is CCCCC1C=c2oc(OC(Br)CC)c([N+](=O)[O-])c2=C(S(=O)(=O)c2ccccc2)C1=O. The third-order valence-corrected chi connectivity index (χ3v) is 7.62. The number of carbonyl (C=O) groups excluding carboxylic acids is 1. The topological polar surface area (TPSA) is 117 Å². The van der Waals surface area contributed by atoms with E-state index in [0.717, 1.165) is 6.42 Å². The van der Waals surface area contributed by atoms with Crippen LogP contribution in [0.5, 0.6) is 5.95 Å². The van der Waals surface area contributed by atoms with Crippen molar-refractivity contribution in [3.63, 3.8) is 0 Å². The first-order valence-electron chi connectivity index (χ1n) is 9.90. The first kappa shape index (κ1) is 23.2. The highest BCUT2D eigenvalue weighted by molar-refractivity contribution is 9.09. The van der Waals surface area contributed by atoms with E-state index >= 15 is 0 Å². The molecule has 3 rings (SSSR count). The van der Waals surface area contributed by atoms with Crippen LogP contribution in [0, 0.1) is 16.0 Å². The number of alkyl halides is 1. The van der Waals surface area contributed by atoms with Gasteiger partial charge in [0.2, 0.25) is 9.84 Å². The molecule has 0 aliphatic heterocycles. The number of nitrogens with zero attached hydrogens (tertiary/aromatic N) is 1. The fourth-order valence-corrected chi connectivity index (χ4v) is 5.18. The number of furan rings is 1. The van der Waals surface area contributed by atoms with Crippen molar-refractivity contribution in [2.24, 2.45) is 5.92 Å². The van der Waals surface area contributed by atoms with Crippen molar-refractivity contribution < 1.29 is 27.3 Å². The number of fused-ring (bicyclic) bond motifs is 1. The number of hydrogen-bond acceptors (Lipinski definition) is 7. The number of ketones is 1. The minimum atomic E-state index is -4.34. The number of unbranched alkanes of at least 4 members (excludes halogenated alkanes) is 1. The predicted molar refractivity (Wildman–Crippen MR) is 118 cm³/mol. The lowest BCUT2D eigenvalue weighted by Gasteiger charge is -2.16. The third kappa shape index (κ3) is 4.45. The lowest BCUT2D eigenvalue weighted by atomic mass is 9.93. The van der Waals surface area contributed by atoms with Crippen molar-refractivity contribution >= 4 is 48.2 Å². The predicted octanol–water partition coefficient (Wildman–Crippen LogP) is 3.45. The summed E-state index contributed by atoms with van der Waals surface area (Å²) in [6.07, 6.45) is 3.84. The van der Waals surface area contributed by atoms with E-state index in [1.165, 1.54) is 30.3 Å². The Morgan fingerprint density at radius 2 is 1.94 bits per heavy atom. The molecule has 1 aromatic carbocycles. The molecule has 0 spiro atoms. The molecule has 0 N–H and O–H groups in total. The molecule has 0 saturated carbocycles. The molecular formula is C21H22BrNO7S. The highest BCUT2D eigenvalue weighted by Crippen LogP contribution is 2.32. The fourth-order valence-electron chi connectivity index (χ4n) is 3.37. The number of halogens is 1. The van der Waals surface area contributed by atoms with Gasteiger partial charge in [-0.05, 0) is 47.0 Å². The van der Waals surface area contributed by atoms with E-state index in [-0.39, 0.29) is 15.5 Å². The first-order valence-corrected chi connectivity index (χ1v) is 12.3. The van der Waals surface area contributed by atoms with E-state index in [9.17, 15) is 23.3 Å². The number of sulfone groups is 1. The standard InChI is InChI=1S/C21H22BrNO7S/c1-3-5-9-13-12-15-17(18(23(25)26)21(29-15)30-16(22)4-2)20(19(13)24)31(27,28)14-10-7-6-8-11-14/h6-8,10-13,16H,3-5,9H2,1-2H3. The van der Waals surface area contributed by atoms with Gasteiger partial charge in [-0.2, -0.15) is 0 Å². The Hall–Kier alpha value is -2.46. The van der Waals surface area contributed by atoms with Crippen LogP contribution in [0.25, 0.3) is 11.0 Å². The van der Waals surface area contributed by atoms with Crippen LogP contribution in [0.15, 0.2) is 39.6 Å². The van der Waals surface area contributed by atoms with Crippen molar-refractivity contribution in [1.82, 2.24) is 0 Å². The van der Waals surface area contributed by atoms with Gasteiger partial charge in [0.05, 0.1) is 9.82 Å². The second-order valence-corrected chi connectivity index (χ2v) is 10.0. The highest BCUT2D eigenvalue weighted by atomic mass is 79.9. The van der Waals surface area contributed by atoms with Crippen molar-refractivity contribution in [2.45, 2.75) is 49.4 Å². The van der Waals surface area contributed by atoms with Crippen LogP contribution >= 0.6 is 15.9 Å². The van der Waals surface area contributed by atoms with Crippen LogP contribution in [-0.2, 0) is 14.6 Å². The molecule has 10 heteroatoms. The van der Waals surface area contributed by atoms with E-state index in [1.54, 1.807) is 13.0 Å². The second kappa shape index (κ2) is 9.35. The summed E-state index contributed by atoms with van der Waals surface area (Å²) in [7, 11) is -4.34. The number of rotatable bonds is 9. The molecule has 0 radical (unpaired) electrons. The van der Waals surface area contributed by atoms with E-state index in [2.05, 4.69) is 15.9 Å². The van der Waals surface area contributed by atoms with Gasteiger partial charge < -0.3 is 9.15 Å². The van der Waals surface area contributed by atoms with Gasteiger partial charge in [-0.15, -0.1) is 0 Å². The lowest BCUT2D eigenvalue weighted by Crippen LogP contribution is -2.38. The van der Waals surface area contributed by atoms with Gasteiger partial charge in [-0.1, -0.05) is 44.9 Å². The van der Waals surface area contributed by atoms with Crippen molar-refractivity contribution in [3.05, 3.63) is 51.1 Å². The van der Waals surface area contributed by atoms with Gasteiger partial charge in [-0.3, -0.25) is 14.9 Å². The normalized spacial score (nSPS) is 17.1. The number of benzene rings is 1. The Morgan fingerprint density at radius 1 is 1.26 bits per heavy atom. The summed E-state index contributed by atoms with van der Waals surface area (Å²) in [6, 6.07) is 7.39. The average molecular weight is 512 g/mol. The summed E-state index contributed by atoms with van der Waals surface area (Å²) in [5, 5.41) is 11.0. The van der Waals surface area contributed by atoms with Crippen LogP contribution < -0.4 is 15.4 Å². The molecular weight excluding hydrogens is 490 g/mol. The molecule has 31 heavy (non-hydrogen) atoms. The molecule has 0 amide bonds. The van der Waals surface area contributed by atoms with Gasteiger partial charge in [0, 0.05) is 5.92 Å². The molecule has 1 aliphatic carbocycles. The smallest absolute Gasteiger partial charge is 0.368 e. The summed E-state index contributed by atoms with van der Waals surface area (Å²) in [4.78, 5) is 23.7. The molecule has 0 saturated heterocycles. The molecule has 1 aliphatic rings. The minimum absolute atomic E-state index is 0.0345. The molecule has 0 fully saturated rings. The van der Waals surface area contributed by atoms with Crippen LogP contribution in [-0.4, -0.2) is 24.1 Å². The van der Waals surface area contributed by atoms with Crippen molar-refractivity contribution in [2.75, 3.05) is 0 Å². The van der Waals surface area contributed by atoms with E-state index in [0.29, 0.717) is 19.3 Å². The molecule has 2 aromatic rings. The van der Waals surface area contributed by atoms with E-state index in [4.69, 9.17) is 9.15 Å². The molecule has 8 nitrogen and oxygen atoms in total. The quantitative estimate of drug-likeness (QED) is 0.287. The highest BCUT2D eigenvalue weighted by Gasteiger charge is 2.40. The zero-order valence-electron chi connectivity index (χ0n) is 17.0. The van der Waals surface area contributed by atoms with Gasteiger partial charge in [-0.25, -0.2) is 8.42 Å². The zero-order chi connectivity index (χ0) is 22.8.